The zero-order valence-corrected chi connectivity index (χ0v) is 17.6. The van der Waals surface area contributed by atoms with Crippen LogP contribution >= 0.6 is 0 Å². The number of ether oxygens (including phenoxy) is 2. The van der Waals surface area contributed by atoms with E-state index in [-0.39, 0.29) is 29.2 Å². The van der Waals surface area contributed by atoms with Gasteiger partial charge in [0.05, 0.1) is 6.61 Å². The van der Waals surface area contributed by atoms with Crippen LogP contribution in [0.15, 0.2) is 18.2 Å². The van der Waals surface area contributed by atoms with Crippen LogP contribution in [0.4, 0.5) is 4.79 Å². The Labute approximate surface area is 176 Å². The van der Waals surface area contributed by atoms with Crippen molar-refractivity contribution in [3.63, 3.8) is 0 Å². The summed E-state index contributed by atoms with van der Waals surface area (Å²) in [5, 5.41) is 21.4. The fourth-order valence-electron chi connectivity index (χ4n) is 3.05. The molecule has 9 nitrogen and oxygen atoms in total. The molecule has 0 saturated carbocycles. The molecule has 3 N–H and O–H groups in total. The molecular formula is C21H30N2O7. The van der Waals surface area contributed by atoms with Crippen LogP contribution in [0.1, 0.15) is 50.4 Å². The Morgan fingerprint density at radius 1 is 1.20 bits per heavy atom. The lowest BCUT2D eigenvalue weighted by atomic mass is 9.96. The Kier molecular flexibility index (Phi) is 7.91. The first kappa shape index (κ1) is 23.3. The minimum absolute atomic E-state index is 0.0395. The van der Waals surface area contributed by atoms with E-state index in [9.17, 15) is 19.5 Å². The largest absolute Gasteiger partial charge is 0.507 e. The minimum atomic E-state index is -1.21. The molecule has 2 rings (SSSR count). The van der Waals surface area contributed by atoms with Crippen molar-refractivity contribution in [1.29, 1.82) is 0 Å². The second-order valence-corrected chi connectivity index (χ2v) is 8.22. The number of nitrogens with zero attached hydrogens (tertiary/aromatic N) is 1. The lowest BCUT2D eigenvalue weighted by Crippen LogP contribution is -2.45. The Balaban J connectivity index is 1.64. The van der Waals surface area contributed by atoms with Gasteiger partial charge in [0.15, 0.2) is 0 Å². The number of rotatable bonds is 7. The van der Waals surface area contributed by atoms with Gasteiger partial charge in [-0.3, -0.25) is 4.79 Å². The average Bonchev–Trinajstić information content (AvgIpc) is 2.66. The van der Waals surface area contributed by atoms with E-state index in [1.54, 1.807) is 4.90 Å². The first-order valence-corrected chi connectivity index (χ1v) is 10.0. The molecule has 0 spiro atoms. The van der Waals surface area contributed by atoms with Crippen molar-refractivity contribution in [3.8, 4) is 11.5 Å². The molecule has 0 unspecified atom stereocenters. The lowest BCUT2D eigenvalue weighted by Gasteiger charge is -2.32. The molecule has 0 bridgehead atoms. The number of aromatic carboxylic acids is 1. The molecule has 0 aromatic heterocycles. The van der Waals surface area contributed by atoms with Gasteiger partial charge in [-0.05, 0) is 52.2 Å². The number of likely N-dealkylation sites (tertiary alicyclic amines) is 1. The third kappa shape index (κ3) is 7.13. The third-order valence-corrected chi connectivity index (χ3v) is 4.61. The normalized spacial score (nSPS) is 14.8. The Hall–Kier alpha value is -2.97. The average molecular weight is 422 g/mol. The molecule has 0 radical (unpaired) electrons. The first-order valence-electron chi connectivity index (χ1n) is 10.0. The van der Waals surface area contributed by atoms with Gasteiger partial charge >= 0.3 is 12.1 Å². The molecule has 1 saturated heterocycles. The molecule has 2 amide bonds. The summed E-state index contributed by atoms with van der Waals surface area (Å²) in [5.41, 5.74) is -0.725. The Morgan fingerprint density at radius 2 is 1.87 bits per heavy atom. The monoisotopic (exact) mass is 422 g/mol. The zero-order chi connectivity index (χ0) is 22.3. The highest BCUT2D eigenvalue weighted by molar-refractivity contribution is 5.90. The van der Waals surface area contributed by atoms with Crippen LogP contribution in [0, 0.1) is 5.92 Å². The second kappa shape index (κ2) is 10.2. The molecule has 0 atom stereocenters. The number of carbonyl (C=O) groups excluding carboxylic acids is 2. The van der Waals surface area contributed by atoms with E-state index >= 15 is 0 Å². The van der Waals surface area contributed by atoms with Gasteiger partial charge in [0.25, 0.3) is 0 Å². The molecule has 1 aliphatic heterocycles. The summed E-state index contributed by atoms with van der Waals surface area (Å²) >= 11 is 0. The van der Waals surface area contributed by atoms with Crippen molar-refractivity contribution in [2.75, 3.05) is 26.2 Å². The summed E-state index contributed by atoms with van der Waals surface area (Å²) in [4.78, 5) is 36.9. The highest BCUT2D eigenvalue weighted by atomic mass is 16.6. The van der Waals surface area contributed by atoms with E-state index in [4.69, 9.17) is 14.6 Å². The molecule has 9 heteroatoms. The van der Waals surface area contributed by atoms with Crippen molar-refractivity contribution in [3.05, 3.63) is 23.8 Å². The van der Waals surface area contributed by atoms with Crippen LogP contribution < -0.4 is 10.1 Å². The van der Waals surface area contributed by atoms with Gasteiger partial charge in [-0.1, -0.05) is 0 Å². The van der Waals surface area contributed by atoms with Crippen molar-refractivity contribution >= 4 is 18.0 Å². The van der Waals surface area contributed by atoms with Gasteiger partial charge in [0.1, 0.15) is 22.7 Å². The molecule has 1 aliphatic rings. The summed E-state index contributed by atoms with van der Waals surface area (Å²) in [6.07, 6.45) is 1.40. The van der Waals surface area contributed by atoms with Gasteiger partial charge in [-0.2, -0.15) is 0 Å². The van der Waals surface area contributed by atoms with Crippen LogP contribution in [0.2, 0.25) is 0 Å². The number of nitrogens with one attached hydrogen (secondary N) is 1. The van der Waals surface area contributed by atoms with Crippen molar-refractivity contribution in [1.82, 2.24) is 10.2 Å². The van der Waals surface area contributed by atoms with E-state index in [1.165, 1.54) is 18.2 Å². The standard InChI is InChI=1S/C21H30N2O7/c1-21(2,3)30-20(28)23-10-7-14(8-11-23)18(25)22-9-4-12-29-15-5-6-16(19(26)27)17(24)13-15/h5-6,13-14,24H,4,7-12H2,1-3H3,(H,22,25)(H,26,27). The van der Waals surface area contributed by atoms with Gasteiger partial charge in [0.2, 0.25) is 5.91 Å². The van der Waals surface area contributed by atoms with Gasteiger partial charge < -0.3 is 29.9 Å². The SMILES string of the molecule is CC(C)(C)OC(=O)N1CCC(C(=O)NCCCOc2ccc(C(=O)O)c(O)c2)CC1. The fraction of sp³-hybridized carbons (Fsp3) is 0.571. The number of benzene rings is 1. The molecule has 1 heterocycles. The zero-order valence-electron chi connectivity index (χ0n) is 17.6. The predicted octanol–water partition coefficient (Wildman–Crippen LogP) is 2.62. The maximum atomic E-state index is 12.3. The number of carboxylic acids is 1. The number of amides is 2. The number of phenols is 1. The fourth-order valence-corrected chi connectivity index (χ4v) is 3.05. The number of piperidine rings is 1. The van der Waals surface area contributed by atoms with Crippen LogP contribution in [-0.2, 0) is 9.53 Å². The van der Waals surface area contributed by atoms with Crippen molar-refractivity contribution in [2.45, 2.75) is 45.6 Å². The second-order valence-electron chi connectivity index (χ2n) is 8.22. The summed E-state index contributed by atoms with van der Waals surface area (Å²) in [5.74, 6) is -1.38. The Bertz CT molecular complexity index is 765. The third-order valence-electron chi connectivity index (χ3n) is 4.61. The van der Waals surface area contributed by atoms with Crippen LogP contribution in [-0.4, -0.2) is 64.9 Å². The number of carboxylic acid groups (broad SMARTS) is 1. The molecule has 1 aromatic rings. The van der Waals surface area contributed by atoms with E-state index in [0.717, 1.165) is 0 Å². The Morgan fingerprint density at radius 3 is 2.43 bits per heavy atom. The number of hydrogen-bond donors (Lipinski definition) is 3. The molecule has 1 aromatic carbocycles. The summed E-state index contributed by atoms with van der Waals surface area (Å²) < 4.78 is 10.8. The summed E-state index contributed by atoms with van der Waals surface area (Å²) in [6.45, 7) is 7.19. The molecule has 1 fully saturated rings. The lowest BCUT2D eigenvalue weighted by molar-refractivity contribution is -0.126. The van der Waals surface area contributed by atoms with E-state index in [2.05, 4.69) is 5.32 Å². The summed E-state index contributed by atoms with van der Waals surface area (Å²) in [6, 6.07) is 4.00. The highest BCUT2D eigenvalue weighted by Crippen LogP contribution is 2.23. The summed E-state index contributed by atoms with van der Waals surface area (Å²) in [7, 11) is 0. The van der Waals surface area contributed by atoms with E-state index in [1.807, 2.05) is 20.8 Å². The van der Waals surface area contributed by atoms with Crippen LogP contribution in [0.5, 0.6) is 11.5 Å². The predicted molar refractivity (Wildman–Crippen MR) is 109 cm³/mol. The van der Waals surface area contributed by atoms with Gasteiger partial charge in [-0.25, -0.2) is 9.59 Å². The van der Waals surface area contributed by atoms with E-state index < -0.39 is 11.6 Å². The molecule has 0 aliphatic carbocycles. The van der Waals surface area contributed by atoms with Crippen molar-refractivity contribution in [2.24, 2.45) is 5.92 Å². The topological polar surface area (TPSA) is 125 Å². The number of aromatic hydroxyl groups is 1. The van der Waals surface area contributed by atoms with Crippen molar-refractivity contribution < 1.29 is 34.1 Å². The molecule has 166 valence electrons. The van der Waals surface area contributed by atoms with Crippen LogP contribution in [0.25, 0.3) is 0 Å². The first-order chi connectivity index (χ1) is 14.1. The van der Waals surface area contributed by atoms with Crippen LogP contribution in [0.3, 0.4) is 0 Å². The molecule has 30 heavy (non-hydrogen) atoms. The van der Waals surface area contributed by atoms with Gasteiger partial charge in [0, 0.05) is 31.6 Å². The quantitative estimate of drug-likeness (QED) is 0.577. The number of hydrogen-bond acceptors (Lipinski definition) is 6. The molecular weight excluding hydrogens is 392 g/mol. The highest BCUT2D eigenvalue weighted by Gasteiger charge is 2.29. The van der Waals surface area contributed by atoms with Gasteiger partial charge in [-0.15, -0.1) is 0 Å². The maximum Gasteiger partial charge on any atom is 0.410 e. The minimum Gasteiger partial charge on any atom is -0.507 e. The number of carbonyl (C=O) groups is 3. The smallest absolute Gasteiger partial charge is 0.410 e. The van der Waals surface area contributed by atoms with E-state index in [0.29, 0.717) is 51.3 Å². The maximum absolute atomic E-state index is 12.3.